The van der Waals surface area contributed by atoms with Crippen molar-refractivity contribution in [1.82, 2.24) is 4.90 Å². The summed E-state index contributed by atoms with van der Waals surface area (Å²) in [6.07, 6.45) is 2.21. The lowest BCUT2D eigenvalue weighted by molar-refractivity contribution is -0.137. The third-order valence-corrected chi connectivity index (χ3v) is 5.64. The first kappa shape index (κ1) is 20.1. The van der Waals surface area contributed by atoms with Gasteiger partial charge in [-0.25, -0.2) is 0 Å². The molecule has 0 atom stereocenters. The summed E-state index contributed by atoms with van der Waals surface area (Å²) in [7, 11) is 1.64. The Morgan fingerprint density at radius 1 is 1.21 bits per heavy atom. The Balaban J connectivity index is 1.72. The van der Waals surface area contributed by atoms with Gasteiger partial charge in [0.2, 0.25) is 0 Å². The molecule has 1 saturated heterocycles. The molecule has 7 heteroatoms. The zero-order valence-electron chi connectivity index (χ0n) is 15.3. The number of carboxylic acids is 1. The Labute approximate surface area is 173 Å². The topological polar surface area (TPSA) is 66.8 Å². The van der Waals surface area contributed by atoms with Gasteiger partial charge in [0, 0.05) is 13.0 Å². The van der Waals surface area contributed by atoms with E-state index in [-0.39, 0.29) is 12.3 Å². The minimum Gasteiger partial charge on any atom is -0.497 e. The SMILES string of the molecule is COc1cccc(-c2ccc(C=C3SC(=S)N(CCCC(=O)O)C3=O)cc2)c1. The average molecular weight is 414 g/mol. The van der Waals surface area contributed by atoms with Crippen molar-refractivity contribution in [3.8, 4) is 16.9 Å². The van der Waals surface area contributed by atoms with Gasteiger partial charge in [-0.15, -0.1) is 0 Å². The Kier molecular flexibility index (Phi) is 6.49. The van der Waals surface area contributed by atoms with E-state index in [1.54, 1.807) is 7.11 Å². The molecule has 1 aliphatic rings. The second kappa shape index (κ2) is 9.03. The molecule has 2 aromatic carbocycles. The maximum Gasteiger partial charge on any atom is 0.303 e. The minimum atomic E-state index is -0.878. The number of hydrogen-bond acceptors (Lipinski definition) is 5. The Morgan fingerprint density at radius 2 is 1.96 bits per heavy atom. The summed E-state index contributed by atoms with van der Waals surface area (Å²) in [6, 6.07) is 15.7. The summed E-state index contributed by atoms with van der Waals surface area (Å²) in [5.41, 5.74) is 3.01. The van der Waals surface area contributed by atoms with Crippen LogP contribution in [0.4, 0.5) is 0 Å². The molecule has 28 heavy (non-hydrogen) atoms. The van der Waals surface area contributed by atoms with Crippen molar-refractivity contribution in [2.75, 3.05) is 13.7 Å². The maximum atomic E-state index is 12.5. The van der Waals surface area contributed by atoms with Crippen molar-refractivity contribution in [2.24, 2.45) is 0 Å². The number of nitrogens with zero attached hydrogens (tertiary/aromatic N) is 1. The summed E-state index contributed by atoms with van der Waals surface area (Å²) in [5.74, 6) is -0.248. The molecule has 5 nitrogen and oxygen atoms in total. The predicted molar refractivity (Wildman–Crippen MR) is 115 cm³/mol. The highest BCUT2D eigenvalue weighted by molar-refractivity contribution is 8.26. The first-order chi connectivity index (χ1) is 13.5. The van der Waals surface area contributed by atoms with Crippen LogP contribution >= 0.6 is 24.0 Å². The van der Waals surface area contributed by atoms with Crippen molar-refractivity contribution < 1.29 is 19.4 Å². The van der Waals surface area contributed by atoms with Gasteiger partial charge in [-0.3, -0.25) is 14.5 Å². The first-order valence-electron chi connectivity index (χ1n) is 8.69. The molecule has 0 unspecified atom stereocenters. The van der Waals surface area contributed by atoms with Crippen LogP contribution in [0.25, 0.3) is 17.2 Å². The predicted octanol–water partition coefficient (Wildman–Crippen LogP) is 4.43. The van der Waals surface area contributed by atoms with E-state index in [9.17, 15) is 9.59 Å². The highest BCUT2D eigenvalue weighted by atomic mass is 32.2. The van der Waals surface area contributed by atoms with Crippen LogP contribution in [0.3, 0.4) is 0 Å². The van der Waals surface area contributed by atoms with Crippen molar-refractivity contribution in [3.05, 3.63) is 59.0 Å². The number of aliphatic carboxylic acids is 1. The van der Waals surface area contributed by atoms with Crippen molar-refractivity contribution >= 4 is 46.3 Å². The van der Waals surface area contributed by atoms with E-state index in [2.05, 4.69) is 0 Å². The van der Waals surface area contributed by atoms with Gasteiger partial charge >= 0.3 is 5.97 Å². The summed E-state index contributed by atoms with van der Waals surface area (Å²) in [5, 5.41) is 8.74. The summed E-state index contributed by atoms with van der Waals surface area (Å²) in [4.78, 5) is 25.2. The number of carboxylic acid groups (broad SMARTS) is 1. The second-order valence-corrected chi connectivity index (χ2v) is 7.86. The van der Waals surface area contributed by atoms with E-state index in [0.29, 0.717) is 22.2 Å². The van der Waals surface area contributed by atoms with Crippen LogP contribution in [0, 0.1) is 0 Å². The van der Waals surface area contributed by atoms with Crippen molar-refractivity contribution in [3.63, 3.8) is 0 Å². The Bertz CT molecular complexity index is 938. The van der Waals surface area contributed by atoms with Gasteiger partial charge in [0.15, 0.2) is 0 Å². The largest absolute Gasteiger partial charge is 0.497 e. The number of amides is 1. The molecule has 2 aromatic rings. The van der Waals surface area contributed by atoms with Crippen LogP contribution in [-0.4, -0.2) is 39.9 Å². The average Bonchev–Trinajstić information content (AvgIpc) is 2.95. The number of ether oxygens (including phenoxy) is 1. The maximum absolute atomic E-state index is 12.5. The van der Waals surface area contributed by atoms with Gasteiger partial charge in [0.05, 0.1) is 12.0 Å². The van der Waals surface area contributed by atoms with E-state index < -0.39 is 5.97 Å². The highest BCUT2D eigenvalue weighted by Gasteiger charge is 2.31. The van der Waals surface area contributed by atoms with Gasteiger partial charge in [-0.2, -0.15) is 0 Å². The number of thioether (sulfide) groups is 1. The molecule has 0 saturated carbocycles. The summed E-state index contributed by atoms with van der Waals surface area (Å²) >= 11 is 6.51. The number of hydrogen-bond donors (Lipinski definition) is 1. The third kappa shape index (κ3) is 4.79. The molecule has 1 amide bonds. The lowest BCUT2D eigenvalue weighted by Crippen LogP contribution is -2.29. The number of rotatable bonds is 7. The van der Waals surface area contributed by atoms with Crippen molar-refractivity contribution in [2.45, 2.75) is 12.8 Å². The van der Waals surface area contributed by atoms with Gasteiger partial charge in [-0.1, -0.05) is 60.4 Å². The fraction of sp³-hybridized carbons (Fsp3) is 0.190. The molecule has 0 aromatic heterocycles. The Hall–Kier alpha value is -2.64. The van der Waals surface area contributed by atoms with E-state index in [4.69, 9.17) is 22.1 Å². The summed E-state index contributed by atoms with van der Waals surface area (Å²) < 4.78 is 5.73. The third-order valence-electron chi connectivity index (χ3n) is 4.26. The number of carbonyl (C=O) groups excluding carboxylic acids is 1. The van der Waals surface area contributed by atoms with Crippen LogP contribution in [0.5, 0.6) is 5.75 Å². The van der Waals surface area contributed by atoms with Crippen LogP contribution in [-0.2, 0) is 9.59 Å². The van der Waals surface area contributed by atoms with Crippen LogP contribution in [0.15, 0.2) is 53.4 Å². The molecule has 0 aliphatic carbocycles. The standard InChI is InChI=1S/C21H19NO4S2/c1-26-17-5-2-4-16(13-17)15-9-7-14(8-10-15)12-18-20(25)22(21(27)28-18)11-3-6-19(23)24/h2,4-5,7-10,12-13H,3,6,11H2,1H3,(H,23,24). The molecule has 144 valence electrons. The normalized spacial score (nSPS) is 15.3. The number of carbonyl (C=O) groups is 2. The zero-order valence-corrected chi connectivity index (χ0v) is 16.9. The zero-order chi connectivity index (χ0) is 20.1. The van der Waals surface area contributed by atoms with Gasteiger partial charge in [0.1, 0.15) is 10.1 Å². The molecular formula is C21H19NO4S2. The molecule has 1 fully saturated rings. The Morgan fingerprint density at radius 3 is 2.64 bits per heavy atom. The van der Waals surface area contributed by atoms with Gasteiger partial charge in [-0.05, 0) is 41.3 Å². The molecule has 1 N–H and O–H groups in total. The van der Waals surface area contributed by atoms with Crippen LogP contribution in [0.2, 0.25) is 0 Å². The lowest BCUT2D eigenvalue weighted by Gasteiger charge is -2.13. The van der Waals surface area contributed by atoms with Gasteiger partial charge < -0.3 is 9.84 Å². The number of thiocarbonyl (C=S) groups is 1. The highest BCUT2D eigenvalue weighted by Crippen LogP contribution is 2.33. The van der Waals surface area contributed by atoms with E-state index in [1.165, 1.54) is 16.7 Å². The second-order valence-electron chi connectivity index (χ2n) is 6.18. The fourth-order valence-electron chi connectivity index (χ4n) is 2.81. The monoisotopic (exact) mass is 413 g/mol. The van der Waals surface area contributed by atoms with Crippen LogP contribution < -0.4 is 4.74 Å². The molecule has 0 spiro atoms. The fourth-order valence-corrected chi connectivity index (χ4v) is 4.12. The molecule has 1 heterocycles. The summed E-state index contributed by atoms with van der Waals surface area (Å²) in [6.45, 7) is 0.323. The molecule has 1 aliphatic heterocycles. The molecule has 3 rings (SSSR count). The lowest BCUT2D eigenvalue weighted by atomic mass is 10.0. The smallest absolute Gasteiger partial charge is 0.303 e. The molecular weight excluding hydrogens is 394 g/mol. The number of benzene rings is 2. The quantitative estimate of drug-likeness (QED) is 0.535. The number of methoxy groups -OCH3 is 1. The van der Waals surface area contributed by atoms with E-state index >= 15 is 0 Å². The minimum absolute atomic E-state index is 0.0157. The van der Waals surface area contributed by atoms with Gasteiger partial charge in [0.25, 0.3) is 5.91 Å². The first-order valence-corrected chi connectivity index (χ1v) is 9.92. The van der Waals surface area contributed by atoms with E-state index in [1.807, 2.05) is 54.6 Å². The van der Waals surface area contributed by atoms with Crippen LogP contribution in [0.1, 0.15) is 18.4 Å². The molecule has 0 bridgehead atoms. The van der Waals surface area contributed by atoms with E-state index in [0.717, 1.165) is 22.4 Å². The molecule has 0 radical (unpaired) electrons. The van der Waals surface area contributed by atoms with Crippen molar-refractivity contribution in [1.29, 1.82) is 0 Å².